The fourth-order valence-electron chi connectivity index (χ4n) is 1.83. The van der Waals surface area contributed by atoms with E-state index in [1.807, 2.05) is 0 Å². The molecule has 0 spiro atoms. The Balaban J connectivity index is 1.98. The molecule has 4 heteroatoms. The predicted molar refractivity (Wildman–Crippen MR) is 67.6 cm³/mol. The zero-order valence-corrected chi connectivity index (χ0v) is 10.7. The van der Waals surface area contributed by atoms with Gasteiger partial charge in [-0.15, -0.1) is 0 Å². The van der Waals surface area contributed by atoms with Crippen molar-refractivity contribution in [3.05, 3.63) is 0 Å². The van der Waals surface area contributed by atoms with Crippen molar-refractivity contribution in [3.63, 3.8) is 0 Å². The smallest absolute Gasteiger partial charge is 0.0594 e. The van der Waals surface area contributed by atoms with Gasteiger partial charge >= 0.3 is 0 Å². The average molecular weight is 229 g/mol. The average Bonchev–Trinajstić information content (AvgIpc) is 2.34. The van der Waals surface area contributed by atoms with Crippen molar-refractivity contribution in [2.24, 2.45) is 11.7 Å². The maximum atomic E-state index is 6.05. The van der Waals surface area contributed by atoms with Gasteiger partial charge in [-0.25, -0.2) is 0 Å². The first-order valence-corrected chi connectivity index (χ1v) is 6.50. The molecule has 1 heterocycles. The van der Waals surface area contributed by atoms with Gasteiger partial charge in [-0.3, -0.25) is 4.90 Å². The van der Waals surface area contributed by atoms with E-state index in [0.29, 0.717) is 5.92 Å². The lowest BCUT2D eigenvalue weighted by Gasteiger charge is -2.27. The maximum absolute atomic E-state index is 6.05. The Morgan fingerprint density at radius 2 is 2.06 bits per heavy atom. The number of ether oxygens (including phenoxy) is 1. The number of hydrogen-bond acceptors (Lipinski definition) is 4. The van der Waals surface area contributed by atoms with Gasteiger partial charge in [0.1, 0.15) is 0 Å². The molecule has 16 heavy (non-hydrogen) atoms. The summed E-state index contributed by atoms with van der Waals surface area (Å²) in [7, 11) is 0. The molecule has 1 rings (SSSR count). The van der Waals surface area contributed by atoms with Gasteiger partial charge in [-0.1, -0.05) is 20.3 Å². The number of rotatable bonds is 7. The SMILES string of the molecule is CCC(C)[C@H](N)CNCCN1CCOCC1. The van der Waals surface area contributed by atoms with E-state index >= 15 is 0 Å². The van der Waals surface area contributed by atoms with Crippen molar-refractivity contribution < 1.29 is 4.74 Å². The molecule has 1 aliphatic rings. The summed E-state index contributed by atoms with van der Waals surface area (Å²) in [5.41, 5.74) is 6.05. The van der Waals surface area contributed by atoms with Gasteiger partial charge in [-0.2, -0.15) is 0 Å². The third-order valence-electron chi connectivity index (χ3n) is 3.46. The summed E-state index contributed by atoms with van der Waals surface area (Å²) < 4.78 is 5.31. The molecule has 3 N–H and O–H groups in total. The Hall–Kier alpha value is -0.160. The van der Waals surface area contributed by atoms with Crippen molar-refractivity contribution >= 4 is 0 Å². The number of nitrogens with one attached hydrogen (secondary N) is 1. The second-order valence-corrected chi connectivity index (χ2v) is 4.71. The van der Waals surface area contributed by atoms with Crippen molar-refractivity contribution in [1.82, 2.24) is 10.2 Å². The van der Waals surface area contributed by atoms with Gasteiger partial charge in [0.2, 0.25) is 0 Å². The molecular formula is C12H27N3O. The van der Waals surface area contributed by atoms with Crippen LogP contribution in [-0.2, 0) is 4.74 Å². The van der Waals surface area contributed by atoms with E-state index in [-0.39, 0.29) is 6.04 Å². The first-order valence-electron chi connectivity index (χ1n) is 6.50. The topological polar surface area (TPSA) is 50.5 Å². The highest BCUT2D eigenvalue weighted by molar-refractivity contribution is 4.71. The Labute approximate surface area is 99.5 Å². The molecule has 1 aliphatic heterocycles. The van der Waals surface area contributed by atoms with Crippen LogP contribution >= 0.6 is 0 Å². The molecule has 1 saturated heterocycles. The minimum Gasteiger partial charge on any atom is -0.379 e. The third kappa shape index (κ3) is 5.25. The summed E-state index contributed by atoms with van der Waals surface area (Å²) in [6.07, 6.45) is 1.16. The molecule has 96 valence electrons. The van der Waals surface area contributed by atoms with Crippen LogP contribution in [0.5, 0.6) is 0 Å². The summed E-state index contributed by atoms with van der Waals surface area (Å²) in [4.78, 5) is 2.44. The largest absolute Gasteiger partial charge is 0.379 e. The summed E-state index contributed by atoms with van der Waals surface area (Å²) in [5.74, 6) is 0.607. The van der Waals surface area contributed by atoms with Crippen LogP contribution in [0.15, 0.2) is 0 Å². The van der Waals surface area contributed by atoms with Gasteiger partial charge in [0, 0.05) is 38.8 Å². The molecule has 2 atom stereocenters. The Bertz CT molecular complexity index is 168. The van der Waals surface area contributed by atoms with Gasteiger partial charge < -0.3 is 15.8 Å². The van der Waals surface area contributed by atoms with E-state index in [1.165, 1.54) is 0 Å². The molecule has 0 radical (unpaired) electrons. The van der Waals surface area contributed by atoms with Gasteiger partial charge in [-0.05, 0) is 5.92 Å². The van der Waals surface area contributed by atoms with Crippen molar-refractivity contribution in [1.29, 1.82) is 0 Å². The van der Waals surface area contributed by atoms with Gasteiger partial charge in [0.15, 0.2) is 0 Å². The van der Waals surface area contributed by atoms with E-state index < -0.39 is 0 Å². The molecule has 0 saturated carbocycles. The second kappa shape index (κ2) is 8.01. The van der Waals surface area contributed by atoms with Gasteiger partial charge in [0.05, 0.1) is 13.2 Å². The quantitative estimate of drug-likeness (QED) is 0.616. The fourth-order valence-corrected chi connectivity index (χ4v) is 1.83. The lowest BCUT2D eigenvalue weighted by atomic mass is 10.0. The molecule has 0 aromatic rings. The Kier molecular flexibility index (Phi) is 6.96. The van der Waals surface area contributed by atoms with Crippen molar-refractivity contribution in [2.75, 3.05) is 45.9 Å². The summed E-state index contributed by atoms with van der Waals surface area (Å²) in [6.45, 7) is 11.4. The van der Waals surface area contributed by atoms with Crippen LogP contribution in [0.2, 0.25) is 0 Å². The molecule has 0 aromatic carbocycles. The highest BCUT2D eigenvalue weighted by atomic mass is 16.5. The van der Waals surface area contributed by atoms with Crippen LogP contribution in [0.25, 0.3) is 0 Å². The molecule has 0 aliphatic carbocycles. The monoisotopic (exact) mass is 229 g/mol. The third-order valence-corrected chi connectivity index (χ3v) is 3.46. The van der Waals surface area contributed by atoms with E-state index in [1.54, 1.807) is 0 Å². The minimum atomic E-state index is 0.287. The van der Waals surface area contributed by atoms with Crippen LogP contribution < -0.4 is 11.1 Å². The van der Waals surface area contributed by atoms with Crippen LogP contribution in [-0.4, -0.2) is 56.9 Å². The van der Waals surface area contributed by atoms with Gasteiger partial charge in [0.25, 0.3) is 0 Å². The highest BCUT2D eigenvalue weighted by Gasteiger charge is 2.11. The first-order chi connectivity index (χ1) is 7.74. The van der Waals surface area contributed by atoms with Crippen LogP contribution in [0, 0.1) is 5.92 Å². The first kappa shape index (κ1) is 13.9. The molecule has 0 amide bonds. The standard InChI is InChI=1S/C12H27N3O/c1-3-11(2)12(13)10-14-4-5-15-6-8-16-9-7-15/h11-12,14H,3-10,13H2,1-2H3/t11?,12-/m1/s1. The second-order valence-electron chi connectivity index (χ2n) is 4.71. The van der Waals surface area contributed by atoms with E-state index in [4.69, 9.17) is 10.5 Å². The van der Waals surface area contributed by atoms with Crippen molar-refractivity contribution in [2.45, 2.75) is 26.3 Å². The summed E-state index contributed by atoms with van der Waals surface area (Å²) in [5, 5.41) is 3.44. The number of hydrogen-bond donors (Lipinski definition) is 2. The molecule has 0 aromatic heterocycles. The summed E-state index contributed by atoms with van der Waals surface area (Å²) in [6, 6.07) is 0.287. The van der Waals surface area contributed by atoms with Crippen LogP contribution in [0.1, 0.15) is 20.3 Å². The van der Waals surface area contributed by atoms with E-state index in [0.717, 1.165) is 52.4 Å². The normalized spacial score (nSPS) is 21.9. The van der Waals surface area contributed by atoms with E-state index in [2.05, 4.69) is 24.1 Å². The molecule has 1 fully saturated rings. The van der Waals surface area contributed by atoms with E-state index in [9.17, 15) is 0 Å². The minimum absolute atomic E-state index is 0.287. The number of morpholine rings is 1. The van der Waals surface area contributed by atoms with Crippen LogP contribution in [0.3, 0.4) is 0 Å². The Morgan fingerprint density at radius 3 is 2.69 bits per heavy atom. The summed E-state index contributed by atoms with van der Waals surface area (Å²) >= 11 is 0. The van der Waals surface area contributed by atoms with Crippen molar-refractivity contribution in [3.8, 4) is 0 Å². The van der Waals surface area contributed by atoms with Crippen LogP contribution in [0.4, 0.5) is 0 Å². The molecule has 4 nitrogen and oxygen atoms in total. The highest BCUT2D eigenvalue weighted by Crippen LogP contribution is 2.03. The maximum Gasteiger partial charge on any atom is 0.0594 e. The number of nitrogens with two attached hydrogens (primary N) is 1. The molecule has 1 unspecified atom stereocenters. The molecular weight excluding hydrogens is 202 g/mol. The fraction of sp³-hybridized carbons (Fsp3) is 1.00. The zero-order chi connectivity index (χ0) is 11.8. The molecule has 0 bridgehead atoms. The lowest BCUT2D eigenvalue weighted by Crippen LogP contribution is -2.43. The zero-order valence-electron chi connectivity index (χ0n) is 10.7. The predicted octanol–water partition coefficient (Wildman–Crippen LogP) is 0.282. The lowest BCUT2D eigenvalue weighted by molar-refractivity contribution is 0.0384. The number of nitrogens with zero attached hydrogens (tertiary/aromatic N) is 1. The Morgan fingerprint density at radius 1 is 1.38 bits per heavy atom.